The summed E-state index contributed by atoms with van der Waals surface area (Å²) in [5.74, 6) is 0. The second-order valence-corrected chi connectivity index (χ2v) is 8.16. The highest BCUT2D eigenvalue weighted by molar-refractivity contribution is 14.1. The van der Waals surface area contributed by atoms with Crippen LogP contribution in [-0.2, 0) is 16.6 Å². The zero-order chi connectivity index (χ0) is 15.5. The Morgan fingerprint density at radius 3 is 2.62 bits per heavy atom. The van der Waals surface area contributed by atoms with E-state index in [4.69, 9.17) is 0 Å². The predicted octanol–water partition coefficient (Wildman–Crippen LogP) is 3.57. The predicted molar refractivity (Wildman–Crippen MR) is 96.9 cm³/mol. The summed E-state index contributed by atoms with van der Waals surface area (Å²) in [6.45, 7) is 0.610. The van der Waals surface area contributed by atoms with E-state index in [0.717, 1.165) is 9.13 Å². The van der Waals surface area contributed by atoms with E-state index < -0.39 is 10.0 Å². The molecule has 21 heavy (non-hydrogen) atoms. The van der Waals surface area contributed by atoms with Gasteiger partial charge in [-0.1, -0.05) is 12.1 Å². The lowest BCUT2D eigenvalue weighted by Crippen LogP contribution is -2.14. The molecule has 0 aliphatic rings. The van der Waals surface area contributed by atoms with Gasteiger partial charge in [-0.25, -0.2) is 8.42 Å². The third-order valence-electron chi connectivity index (χ3n) is 2.74. The Kier molecular flexibility index (Phi) is 5.64. The molecule has 2 aromatic rings. The lowest BCUT2D eigenvalue weighted by atomic mass is 10.2. The fourth-order valence-corrected chi connectivity index (χ4v) is 4.44. The molecular weight excluding hydrogens is 467 g/mol. The molecular formula is C14H14BrIN2O2S. The van der Waals surface area contributed by atoms with Crippen molar-refractivity contribution < 1.29 is 8.42 Å². The maximum Gasteiger partial charge on any atom is 0.263 e. The van der Waals surface area contributed by atoms with Crippen LogP contribution in [-0.4, -0.2) is 15.5 Å². The van der Waals surface area contributed by atoms with Crippen molar-refractivity contribution in [1.29, 1.82) is 0 Å². The number of rotatable bonds is 5. The average Bonchev–Trinajstić information content (AvgIpc) is 2.40. The summed E-state index contributed by atoms with van der Waals surface area (Å²) in [6.07, 6.45) is 0. The van der Waals surface area contributed by atoms with E-state index in [2.05, 4.69) is 48.6 Å². The largest absolute Gasteiger partial charge is 0.316 e. The number of sulfonamides is 1. The van der Waals surface area contributed by atoms with E-state index in [0.29, 0.717) is 16.7 Å². The minimum absolute atomic E-state index is 0.231. The van der Waals surface area contributed by atoms with Crippen molar-refractivity contribution in [2.75, 3.05) is 11.8 Å². The van der Waals surface area contributed by atoms with Crippen LogP contribution in [0.25, 0.3) is 0 Å². The quantitative estimate of drug-likeness (QED) is 0.643. The van der Waals surface area contributed by atoms with Crippen LogP contribution in [0.1, 0.15) is 5.56 Å². The highest BCUT2D eigenvalue weighted by atomic mass is 127. The molecule has 0 bridgehead atoms. The molecule has 0 heterocycles. The molecule has 0 radical (unpaired) electrons. The van der Waals surface area contributed by atoms with Crippen LogP contribution in [0.5, 0.6) is 0 Å². The van der Waals surface area contributed by atoms with Crippen LogP contribution >= 0.6 is 38.5 Å². The van der Waals surface area contributed by atoms with Gasteiger partial charge in [0.05, 0.1) is 0 Å². The minimum Gasteiger partial charge on any atom is -0.316 e. The molecule has 0 spiro atoms. The van der Waals surface area contributed by atoms with Crippen molar-refractivity contribution in [3.05, 3.63) is 56.1 Å². The summed E-state index contributed by atoms with van der Waals surface area (Å²) in [5, 5.41) is 3.01. The normalized spacial score (nSPS) is 11.4. The van der Waals surface area contributed by atoms with Crippen molar-refractivity contribution in [2.24, 2.45) is 0 Å². The summed E-state index contributed by atoms with van der Waals surface area (Å²) in [7, 11) is -1.81. The summed E-state index contributed by atoms with van der Waals surface area (Å²) in [6, 6.07) is 12.5. The van der Waals surface area contributed by atoms with Gasteiger partial charge < -0.3 is 5.32 Å². The molecule has 0 saturated heterocycles. The van der Waals surface area contributed by atoms with Gasteiger partial charge in [0.2, 0.25) is 0 Å². The smallest absolute Gasteiger partial charge is 0.263 e. The number of benzene rings is 2. The first-order valence-corrected chi connectivity index (χ1v) is 9.49. The summed E-state index contributed by atoms with van der Waals surface area (Å²) < 4.78 is 29.2. The Morgan fingerprint density at radius 1 is 1.19 bits per heavy atom. The van der Waals surface area contributed by atoms with Gasteiger partial charge >= 0.3 is 0 Å². The first-order chi connectivity index (χ1) is 9.92. The van der Waals surface area contributed by atoms with Gasteiger partial charge in [0.1, 0.15) is 4.90 Å². The highest BCUT2D eigenvalue weighted by Crippen LogP contribution is 2.26. The van der Waals surface area contributed by atoms with Gasteiger partial charge in [0, 0.05) is 20.3 Å². The van der Waals surface area contributed by atoms with Crippen LogP contribution < -0.4 is 10.0 Å². The summed E-state index contributed by atoms with van der Waals surface area (Å²) >= 11 is 5.45. The Bertz CT molecular complexity index is 750. The number of halogens is 2. The lowest BCUT2D eigenvalue weighted by Gasteiger charge is -2.11. The first kappa shape index (κ1) is 16.7. The van der Waals surface area contributed by atoms with Crippen LogP contribution in [0, 0.1) is 3.57 Å². The molecule has 7 heteroatoms. The topological polar surface area (TPSA) is 58.2 Å². The zero-order valence-electron chi connectivity index (χ0n) is 11.2. The first-order valence-electron chi connectivity index (χ1n) is 6.14. The second-order valence-electron chi connectivity index (χ2n) is 4.41. The molecule has 0 saturated carbocycles. The summed E-state index contributed by atoms with van der Waals surface area (Å²) in [4.78, 5) is 0.231. The molecule has 0 aromatic heterocycles. The minimum atomic E-state index is -3.63. The molecule has 0 amide bonds. The lowest BCUT2D eigenvalue weighted by molar-refractivity contribution is 0.600. The zero-order valence-corrected chi connectivity index (χ0v) is 15.8. The van der Waals surface area contributed by atoms with Crippen LogP contribution in [0.2, 0.25) is 0 Å². The Morgan fingerprint density at radius 2 is 1.95 bits per heavy atom. The standard InChI is InChI=1S/C14H14BrIN2O2S/c1-17-9-10-5-6-13(15)14(7-10)21(19,20)18-12-4-2-3-11(16)8-12/h2-8,17-18H,9H2,1H3. The molecule has 2 aromatic carbocycles. The van der Waals surface area contributed by atoms with Crippen molar-refractivity contribution in [3.8, 4) is 0 Å². The molecule has 2 N–H and O–H groups in total. The van der Waals surface area contributed by atoms with E-state index in [1.807, 2.05) is 25.2 Å². The third kappa shape index (κ3) is 4.41. The van der Waals surface area contributed by atoms with Crippen LogP contribution in [0.4, 0.5) is 5.69 Å². The van der Waals surface area contributed by atoms with E-state index >= 15 is 0 Å². The van der Waals surface area contributed by atoms with Crippen molar-refractivity contribution >= 4 is 54.2 Å². The van der Waals surface area contributed by atoms with Crippen molar-refractivity contribution in [2.45, 2.75) is 11.4 Å². The average molecular weight is 481 g/mol. The Hall–Kier alpha value is -0.640. The van der Waals surface area contributed by atoms with E-state index in [1.54, 1.807) is 24.3 Å². The van der Waals surface area contributed by atoms with Gasteiger partial charge in [-0.15, -0.1) is 0 Å². The molecule has 112 valence electrons. The molecule has 0 atom stereocenters. The van der Waals surface area contributed by atoms with Crippen LogP contribution in [0.3, 0.4) is 0 Å². The van der Waals surface area contributed by atoms with E-state index in [9.17, 15) is 8.42 Å². The molecule has 0 fully saturated rings. The molecule has 2 rings (SSSR count). The maximum absolute atomic E-state index is 12.5. The van der Waals surface area contributed by atoms with Crippen molar-refractivity contribution in [1.82, 2.24) is 5.32 Å². The van der Waals surface area contributed by atoms with E-state index in [-0.39, 0.29) is 4.90 Å². The fraction of sp³-hybridized carbons (Fsp3) is 0.143. The Balaban J connectivity index is 2.37. The number of hydrogen-bond acceptors (Lipinski definition) is 3. The van der Waals surface area contributed by atoms with Gasteiger partial charge in [-0.3, -0.25) is 4.72 Å². The monoisotopic (exact) mass is 480 g/mol. The van der Waals surface area contributed by atoms with Gasteiger partial charge in [0.15, 0.2) is 0 Å². The molecule has 0 aliphatic carbocycles. The number of hydrogen-bond donors (Lipinski definition) is 2. The molecule has 4 nitrogen and oxygen atoms in total. The SMILES string of the molecule is CNCc1ccc(Br)c(S(=O)(=O)Nc2cccc(I)c2)c1. The van der Waals surface area contributed by atoms with Gasteiger partial charge in [0.25, 0.3) is 10.0 Å². The summed E-state index contributed by atoms with van der Waals surface area (Å²) in [5.41, 5.74) is 1.46. The van der Waals surface area contributed by atoms with Gasteiger partial charge in [-0.2, -0.15) is 0 Å². The Labute approximate surface area is 146 Å². The molecule has 0 aliphatic heterocycles. The fourth-order valence-electron chi connectivity index (χ4n) is 1.83. The number of nitrogens with one attached hydrogen (secondary N) is 2. The van der Waals surface area contributed by atoms with E-state index in [1.165, 1.54) is 0 Å². The highest BCUT2D eigenvalue weighted by Gasteiger charge is 2.18. The van der Waals surface area contributed by atoms with Crippen LogP contribution in [0.15, 0.2) is 51.8 Å². The van der Waals surface area contributed by atoms with Gasteiger partial charge in [-0.05, 0) is 81.5 Å². The second kappa shape index (κ2) is 7.08. The third-order valence-corrected chi connectivity index (χ3v) is 5.79. The molecule has 0 unspecified atom stereocenters. The maximum atomic E-state index is 12.5. The number of anilines is 1. The van der Waals surface area contributed by atoms with Crippen molar-refractivity contribution in [3.63, 3.8) is 0 Å².